The number of pyridine rings is 1. The van der Waals surface area contributed by atoms with Gasteiger partial charge in [0.15, 0.2) is 5.96 Å². The summed E-state index contributed by atoms with van der Waals surface area (Å²) in [5.41, 5.74) is 1.99. The number of aliphatic imine (C=N–C) groups is 1. The molecule has 1 heterocycles. The highest BCUT2D eigenvalue weighted by Crippen LogP contribution is 2.30. The highest BCUT2D eigenvalue weighted by atomic mass is 127. The molecule has 6 nitrogen and oxygen atoms in total. The molecule has 0 unspecified atom stereocenters. The first-order chi connectivity index (χ1) is 13.3. The number of nitrogens with one attached hydrogen (secondary N) is 2. The topological polar surface area (TPSA) is 67.8 Å². The van der Waals surface area contributed by atoms with Crippen LogP contribution in [-0.2, 0) is 13.1 Å². The van der Waals surface area contributed by atoms with E-state index in [4.69, 9.17) is 14.5 Å². The molecule has 0 bridgehead atoms. The highest BCUT2D eigenvalue weighted by molar-refractivity contribution is 14.0. The minimum Gasteiger partial charge on any atom is -0.493 e. The third-order valence-electron chi connectivity index (χ3n) is 4.32. The van der Waals surface area contributed by atoms with Gasteiger partial charge in [0.25, 0.3) is 0 Å². The van der Waals surface area contributed by atoms with Crippen molar-refractivity contribution >= 4 is 29.9 Å². The zero-order valence-electron chi connectivity index (χ0n) is 16.5. The Hall–Kier alpha value is -2.03. The summed E-state index contributed by atoms with van der Waals surface area (Å²) in [6.45, 7) is 4.77. The molecule has 1 aromatic heterocycles. The van der Waals surface area contributed by atoms with E-state index in [0.29, 0.717) is 19.0 Å². The number of hydrogen-bond donors (Lipinski definition) is 2. The fourth-order valence-electron chi connectivity index (χ4n) is 2.62. The van der Waals surface area contributed by atoms with Crippen LogP contribution in [0.5, 0.6) is 11.6 Å². The van der Waals surface area contributed by atoms with Crippen LogP contribution in [0.1, 0.15) is 31.0 Å². The van der Waals surface area contributed by atoms with Crippen LogP contribution in [0.4, 0.5) is 0 Å². The lowest BCUT2D eigenvalue weighted by Crippen LogP contribution is -2.37. The van der Waals surface area contributed by atoms with E-state index in [1.54, 1.807) is 7.11 Å². The molecule has 3 rings (SSSR count). The molecule has 7 heteroatoms. The third kappa shape index (κ3) is 7.18. The number of halogens is 1. The van der Waals surface area contributed by atoms with Crippen LogP contribution in [0.15, 0.2) is 47.5 Å². The molecule has 1 aliphatic rings. The fraction of sp³-hybridized carbons (Fsp3) is 0.429. The molecule has 0 amide bonds. The van der Waals surface area contributed by atoms with E-state index in [1.165, 1.54) is 12.8 Å². The molecular formula is C21H29IN4O2. The Balaban J connectivity index is 0.00000280. The molecule has 1 saturated carbocycles. The summed E-state index contributed by atoms with van der Waals surface area (Å²) in [6.07, 6.45) is 2.57. The number of aromatic nitrogens is 1. The maximum Gasteiger partial charge on any atom is 0.213 e. The van der Waals surface area contributed by atoms with E-state index in [0.717, 1.165) is 42.0 Å². The Morgan fingerprint density at radius 3 is 2.71 bits per heavy atom. The van der Waals surface area contributed by atoms with Gasteiger partial charge in [-0.25, -0.2) is 9.98 Å². The summed E-state index contributed by atoms with van der Waals surface area (Å²) in [6, 6.07) is 13.8. The van der Waals surface area contributed by atoms with E-state index < -0.39 is 0 Å². The summed E-state index contributed by atoms with van der Waals surface area (Å²) in [5.74, 6) is 3.02. The SMILES string of the molecule is CCNC(=NCc1ccccc1OCC1CC1)NCc1cccc(OC)n1.I. The van der Waals surface area contributed by atoms with Crippen LogP contribution in [0.25, 0.3) is 0 Å². The Morgan fingerprint density at radius 1 is 1.14 bits per heavy atom. The average Bonchev–Trinajstić information content (AvgIpc) is 3.54. The number of rotatable bonds is 9. The minimum atomic E-state index is 0. The maximum atomic E-state index is 5.97. The number of nitrogens with zero attached hydrogens (tertiary/aromatic N) is 2. The zero-order valence-corrected chi connectivity index (χ0v) is 18.8. The van der Waals surface area contributed by atoms with Crippen molar-refractivity contribution in [1.29, 1.82) is 0 Å². The van der Waals surface area contributed by atoms with Crippen LogP contribution in [0, 0.1) is 5.92 Å². The van der Waals surface area contributed by atoms with Crippen LogP contribution in [0.2, 0.25) is 0 Å². The normalized spacial score (nSPS) is 13.4. The molecule has 0 aliphatic heterocycles. The van der Waals surface area contributed by atoms with Crippen molar-refractivity contribution in [2.24, 2.45) is 10.9 Å². The van der Waals surface area contributed by atoms with Gasteiger partial charge in [0.05, 0.1) is 32.5 Å². The predicted octanol–water partition coefficient (Wildman–Crippen LogP) is 3.75. The largest absolute Gasteiger partial charge is 0.493 e. The van der Waals surface area contributed by atoms with Crippen molar-refractivity contribution in [3.05, 3.63) is 53.7 Å². The molecular weight excluding hydrogens is 467 g/mol. The number of hydrogen-bond acceptors (Lipinski definition) is 4. The molecule has 2 N–H and O–H groups in total. The molecule has 28 heavy (non-hydrogen) atoms. The molecule has 0 atom stereocenters. The predicted molar refractivity (Wildman–Crippen MR) is 123 cm³/mol. The van der Waals surface area contributed by atoms with Crippen LogP contribution >= 0.6 is 24.0 Å². The van der Waals surface area contributed by atoms with Crippen LogP contribution in [0.3, 0.4) is 0 Å². The first kappa shape index (κ1) is 22.3. The molecule has 152 valence electrons. The molecule has 0 spiro atoms. The van der Waals surface area contributed by atoms with Gasteiger partial charge in [-0.2, -0.15) is 0 Å². The quantitative estimate of drug-likeness (QED) is 0.315. The summed E-state index contributed by atoms with van der Waals surface area (Å²) < 4.78 is 11.1. The standard InChI is InChI=1S/C21H28N4O2.HI/c1-3-22-21(24-14-18-8-6-10-20(25-18)26-2)23-13-17-7-4-5-9-19(17)27-15-16-11-12-16;/h4-10,16H,3,11-15H2,1-2H3,(H2,22,23,24);1H. The second kappa shape index (κ2) is 11.7. The first-order valence-electron chi connectivity index (χ1n) is 9.51. The Bertz CT molecular complexity index is 766. The molecule has 1 aliphatic carbocycles. The minimum absolute atomic E-state index is 0. The van der Waals surface area contributed by atoms with Gasteiger partial charge in [0.1, 0.15) is 5.75 Å². The number of methoxy groups -OCH3 is 1. The van der Waals surface area contributed by atoms with Crippen molar-refractivity contribution < 1.29 is 9.47 Å². The Kier molecular flexibility index (Phi) is 9.33. The van der Waals surface area contributed by atoms with E-state index in [-0.39, 0.29) is 24.0 Å². The molecule has 0 radical (unpaired) electrons. The molecule has 1 aromatic carbocycles. The van der Waals surface area contributed by atoms with Gasteiger partial charge in [0.2, 0.25) is 5.88 Å². The van der Waals surface area contributed by atoms with Gasteiger partial charge in [-0.3, -0.25) is 0 Å². The van der Waals surface area contributed by atoms with Crippen LogP contribution < -0.4 is 20.1 Å². The maximum absolute atomic E-state index is 5.97. The number of ether oxygens (including phenoxy) is 2. The zero-order chi connectivity index (χ0) is 18.9. The third-order valence-corrected chi connectivity index (χ3v) is 4.32. The average molecular weight is 496 g/mol. The van der Waals surface area contributed by atoms with E-state index in [9.17, 15) is 0 Å². The number of benzene rings is 1. The van der Waals surface area contributed by atoms with Gasteiger partial charge in [0, 0.05) is 18.2 Å². The summed E-state index contributed by atoms with van der Waals surface area (Å²) >= 11 is 0. The molecule has 2 aromatic rings. The fourth-order valence-corrected chi connectivity index (χ4v) is 2.62. The molecule has 1 fully saturated rings. The van der Waals surface area contributed by atoms with Crippen molar-refractivity contribution in [3.63, 3.8) is 0 Å². The van der Waals surface area contributed by atoms with Crippen LogP contribution in [-0.4, -0.2) is 31.2 Å². The smallest absolute Gasteiger partial charge is 0.213 e. The van der Waals surface area contributed by atoms with E-state index in [1.807, 2.05) is 43.3 Å². The van der Waals surface area contributed by atoms with Crippen molar-refractivity contribution in [3.8, 4) is 11.6 Å². The van der Waals surface area contributed by atoms with Crippen molar-refractivity contribution in [2.75, 3.05) is 20.3 Å². The Morgan fingerprint density at radius 2 is 1.96 bits per heavy atom. The van der Waals surface area contributed by atoms with Crippen molar-refractivity contribution in [2.45, 2.75) is 32.9 Å². The lowest BCUT2D eigenvalue weighted by atomic mass is 10.2. The monoisotopic (exact) mass is 496 g/mol. The Labute approximate surface area is 184 Å². The highest BCUT2D eigenvalue weighted by Gasteiger charge is 2.22. The van der Waals surface area contributed by atoms with Gasteiger partial charge in [-0.05, 0) is 37.8 Å². The van der Waals surface area contributed by atoms with Crippen molar-refractivity contribution in [1.82, 2.24) is 15.6 Å². The number of guanidine groups is 1. The second-order valence-corrected chi connectivity index (χ2v) is 6.58. The second-order valence-electron chi connectivity index (χ2n) is 6.58. The van der Waals surface area contributed by atoms with Gasteiger partial charge < -0.3 is 20.1 Å². The first-order valence-corrected chi connectivity index (χ1v) is 9.51. The molecule has 0 saturated heterocycles. The van der Waals surface area contributed by atoms with Gasteiger partial charge >= 0.3 is 0 Å². The van der Waals surface area contributed by atoms with Gasteiger partial charge in [-0.1, -0.05) is 24.3 Å². The lowest BCUT2D eigenvalue weighted by Gasteiger charge is -2.13. The van der Waals surface area contributed by atoms with E-state index in [2.05, 4.69) is 21.7 Å². The number of para-hydroxylation sites is 1. The lowest BCUT2D eigenvalue weighted by molar-refractivity contribution is 0.297. The van der Waals surface area contributed by atoms with Gasteiger partial charge in [-0.15, -0.1) is 24.0 Å². The summed E-state index contributed by atoms with van der Waals surface area (Å²) in [5, 5.41) is 6.59. The van der Waals surface area contributed by atoms with E-state index >= 15 is 0 Å². The summed E-state index contributed by atoms with van der Waals surface area (Å²) in [4.78, 5) is 9.12. The summed E-state index contributed by atoms with van der Waals surface area (Å²) in [7, 11) is 1.62.